The molecule has 0 saturated heterocycles. The van der Waals surface area contributed by atoms with Gasteiger partial charge in [-0.2, -0.15) is 5.26 Å². The van der Waals surface area contributed by atoms with Crippen LogP contribution in [0.3, 0.4) is 0 Å². The van der Waals surface area contributed by atoms with Crippen molar-refractivity contribution >= 4 is 29.0 Å². The predicted octanol–water partition coefficient (Wildman–Crippen LogP) is 5.41. The van der Waals surface area contributed by atoms with Crippen LogP contribution in [-0.4, -0.2) is 18.2 Å². The van der Waals surface area contributed by atoms with Crippen molar-refractivity contribution in [3.05, 3.63) is 125 Å². The van der Waals surface area contributed by atoms with E-state index >= 15 is 0 Å². The first-order valence-electron chi connectivity index (χ1n) is 11.1. The summed E-state index contributed by atoms with van der Waals surface area (Å²) < 4.78 is 0. The van der Waals surface area contributed by atoms with E-state index in [4.69, 9.17) is 0 Å². The Morgan fingerprint density at radius 1 is 0.971 bits per heavy atom. The fourth-order valence-corrected chi connectivity index (χ4v) is 5.01. The molecule has 0 N–H and O–H groups in total. The van der Waals surface area contributed by atoms with Gasteiger partial charge in [0.15, 0.2) is 11.2 Å². The molecule has 3 aromatic rings. The van der Waals surface area contributed by atoms with Crippen molar-refractivity contribution in [2.45, 2.75) is 12.3 Å². The van der Waals surface area contributed by atoms with E-state index in [0.717, 1.165) is 16.7 Å². The Hall–Kier alpha value is -4.49. The minimum Gasteiger partial charge on any atom is -0.307 e. The number of ketones is 1. The van der Waals surface area contributed by atoms with Crippen molar-refractivity contribution in [1.82, 2.24) is 0 Å². The maximum atomic E-state index is 14.2. The van der Waals surface area contributed by atoms with Gasteiger partial charge in [0.05, 0.1) is 0 Å². The van der Waals surface area contributed by atoms with Gasteiger partial charge in [-0.25, -0.2) is 0 Å². The van der Waals surface area contributed by atoms with Crippen LogP contribution in [0, 0.1) is 18.3 Å². The molecule has 1 unspecified atom stereocenters. The van der Waals surface area contributed by atoms with Gasteiger partial charge < -0.3 is 4.90 Å². The number of Topliss-reactive ketones (excluding diaryl/α,β-unsaturated/α-hetero) is 1. The van der Waals surface area contributed by atoms with Gasteiger partial charge in [-0.05, 0) is 35.8 Å². The highest BCUT2D eigenvalue weighted by molar-refractivity contribution is 6.38. The number of hydrogen-bond donors (Lipinski definition) is 0. The lowest BCUT2D eigenvalue weighted by molar-refractivity contribution is -0.129. The van der Waals surface area contributed by atoms with Crippen LogP contribution in [0.2, 0.25) is 0 Å². The predicted molar refractivity (Wildman–Crippen MR) is 134 cm³/mol. The van der Waals surface area contributed by atoms with Crippen molar-refractivity contribution in [1.29, 1.82) is 5.26 Å². The van der Waals surface area contributed by atoms with Gasteiger partial charge in [-0.1, -0.05) is 84.4 Å². The van der Waals surface area contributed by atoms with Crippen LogP contribution in [0.25, 0.3) is 11.6 Å². The number of amides is 1. The lowest BCUT2D eigenvalue weighted by Crippen LogP contribution is -2.45. The van der Waals surface area contributed by atoms with E-state index in [1.54, 1.807) is 11.0 Å². The first-order valence-corrected chi connectivity index (χ1v) is 11.1. The Bertz CT molecular complexity index is 1440. The molecule has 1 atom stereocenters. The number of carbonyl (C=O) groups excluding carboxylic acids is 2. The first kappa shape index (κ1) is 21.4. The molecule has 164 valence electrons. The van der Waals surface area contributed by atoms with Gasteiger partial charge in [-0.3, -0.25) is 9.59 Å². The molecule has 34 heavy (non-hydrogen) atoms. The van der Waals surface area contributed by atoms with Gasteiger partial charge in [0.1, 0.15) is 11.6 Å². The monoisotopic (exact) mass is 442 g/mol. The second kappa shape index (κ2) is 8.13. The number of anilines is 1. The van der Waals surface area contributed by atoms with E-state index in [1.807, 2.05) is 91.9 Å². The summed E-state index contributed by atoms with van der Waals surface area (Å²) >= 11 is 0. The third-order valence-corrected chi connectivity index (χ3v) is 6.53. The molecule has 1 aliphatic heterocycles. The van der Waals surface area contributed by atoms with E-state index in [0.29, 0.717) is 22.4 Å². The lowest BCUT2D eigenvalue weighted by atomic mass is 9.72. The van der Waals surface area contributed by atoms with Crippen LogP contribution in [-0.2, 0) is 15.0 Å². The van der Waals surface area contributed by atoms with Gasteiger partial charge >= 0.3 is 0 Å². The number of para-hydroxylation sites is 1. The quantitative estimate of drug-likeness (QED) is 0.401. The Labute approximate surface area is 198 Å². The summed E-state index contributed by atoms with van der Waals surface area (Å²) in [4.78, 5) is 29.9. The smallest absolute Gasteiger partial charge is 0.250 e. The summed E-state index contributed by atoms with van der Waals surface area (Å²) in [5.41, 5.74) is 3.37. The molecular weight excluding hydrogens is 420 g/mol. The third kappa shape index (κ3) is 2.91. The average Bonchev–Trinajstić information content (AvgIpc) is 3.25. The van der Waals surface area contributed by atoms with Crippen LogP contribution < -0.4 is 4.90 Å². The topological polar surface area (TPSA) is 61.2 Å². The number of carbonyl (C=O) groups is 2. The molecule has 2 aliphatic rings. The average molecular weight is 443 g/mol. The van der Waals surface area contributed by atoms with Gasteiger partial charge in [0.25, 0.3) is 5.91 Å². The number of benzene rings is 3. The number of fused-ring (bicyclic) bond motifs is 2. The number of rotatable bonds is 4. The van der Waals surface area contributed by atoms with Crippen molar-refractivity contribution < 1.29 is 9.59 Å². The normalized spacial score (nSPS) is 20.2. The highest BCUT2D eigenvalue weighted by Gasteiger charge is 2.63. The summed E-state index contributed by atoms with van der Waals surface area (Å²) in [5, 5.41) is 10.2. The molecule has 3 aromatic carbocycles. The van der Waals surface area contributed by atoms with Crippen molar-refractivity contribution in [2.75, 3.05) is 11.4 Å². The second-order valence-electron chi connectivity index (χ2n) is 8.50. The van der Waals surface area contributed by atoms with Crippen LogP contribution in [0.1, 0.15) is 22.3 Å². The standard InChI is InChI=1S/C30H22N2O2/c1-3-17-32-26-12-8-7-11-24(26)30(29(32)34)25(18-21-9-5-4-6-10-21)27(23(19-31)28(30)33)22-15-13-20(2)14-16-22/h3-16,18H,1,17H2,2H3/b25-18+. The molecule has 5 rings (SSSR count). The van der Waals surface area contributed by atoms with Gasteiger partial charge in [-0.15, -0.1) is 6.58 Å². The molecular formula is C30H22N2O2. The fourth-order valence-electron chi connectivity index (χ4n) is 5.01. The van der Waals surface area contributed by atoms with E-state index < -0.39 is 11.2 Å². The summed E-state index contributed by atoms with van der Waals surface area (Å²) in [6.07, 6.45) is 3.52. The minimum absolute atomic E-state index is 0.00893. The van der Waals surface area contributed by atoms with Crippen molar-refractivity contribution in [3.63, 3.8) is 0 Å². The molecule has 0 saturated carbocycles. The summed E-state index contributed by atoms with van der Waals surface area (Å²) in [6.45, 7) is 6.05. The van der Waals surface area contributed by atoms with E-state index in [9.17, 15) is 14.9 Å². The number of nitrogens with zero attached hydrogens (tertiary/aromatic N) is 2. The molecule has 1 aliphatic carbocycles. The second-order valence-corrected chi connectivity index (χ2v) is 8.50. The lowest BCUT2D eigenvalue weighted by Gasteiger charge is -2.25. The zero-order valence-corrected chi connectivity index (χ0v) is 18.8. The number of allylic oxidation sites excluding steroid dienone is 2. The molecule has 1 spiro atoms. The third-order valence-electron chi connectivity index (χ3n) is 6.53. The summed E-state index contributed by atoms with van der Waals surface area (Å²) in [6, 6.07) is 26.8. The number of aryl methyl sites for hydroxylation is 1. The SMILES string of the molecule is C=CCN1C(=O)C2(C(=O)C(C#N)=C(c3ccc(C)cc3)/C2=C\c2ccccc2)c2ccccc21. The van der Waals surface area contributed by atoms with E-state index in [-0.39, 0.29) is 18.0 Å². The van der Waals surface area contributed by atoms with Crippen molar-refractivity contribution in [2.24, 2.45) is 0 Å². The Morgan fingerprint density at radius 3 is 2.32 bits per heavy atom. The molecule has 4 nitrogen and oxygen atoms in total. The highest BCUT2D eigenvalue weighted by atomic mass is 16.2. The van der Waals surface area contributed by atoms with Crippen LogP contribution in [0.4, 0.5) is 5.69 Å². The van der Waals surface area contributed by atoms with E-state index in [2.05, 4.69) is 12.6 Å². The zero-order chi connectivity index (χ0) is 23.9. The first-order chi connectivity index (χ1) is 16.5. The van der Waals surface area contributed by atoms with Crippen LogP contribution >= 0.6 is 0 Å². The molecule has 4 heteroatoms. The minimum atomic E-state index is -1.61. The largest absolute Gasteiger partial charge is 0.307 e. The molecule has 1 amide bonds. The van der Waals surface area contributed by atoms with Crippen molar-refractivity contribution in [3.8, 4) is 6.07 Å². The molecule has 0 fully saturated rings. The fraction of sp³-hybridized carbons (Fsp3) is 0.100. The molecule has 0 radical (unpaired) electrons. The Balaban J connectivity index is 1.87. The number of nitriles is 1. The van der Waals surface area contributed by atoms with Gasteiger partial charge in [0, 0.05) is 23.4 Å². The highest BCUT2D eigenvalue weighted by Crippen LogP contribution is 2.56. The van der Waals surface area contributed by atoms with Gasteiger partial charge in [0.2, 0.25) is 0 Å². The maximum Gasteiger partial charge on any atom is 0.250 e. The summed E-state index contributed by atoms with van der Waals surface area (Å²) in [5.74, 6) is -0.826. The number of hydrogen-bond acceptors (Lipinski definition) is 3. The maximum absolute atomic E-state index is 14.2. The van der Waals surface area contributed by atoms with Crippen LogP contribution in [0.15, 0.2) is 103 Å². The zero-order valence-electron chi connectivity index (χ0n) is 18.8. The molecule has 0 aromatic heterocycles. The Morgan fingerprint density at radius 2 is 1.65 bits per heavy atom. The van der Waals surface area contributed by atoms with E-state index in [1.165, 1.54) is 0 Å². The molecule has 1 heterocycles. The van der Waals surface area contributed by atoms with Crippen LogP contribution in [0.5, 0.6) is 0 Å². The molecule has 0 bridgehead atoms. The Kier molecular flexibility index (Phi) is 5.11. The summed E-state index contributed by atoms with van der Waals surface area (Å²) in [7, 11) is 0.